The molecule has 0 bridgehead atoms. The predicted molar refractivity (Wildman–Crippen MR) is 119 cm³/mol. The summed E-state index contributed by atoms with van der Waals surface area (Å²) in [5.74, 6) is 1.17. The van der Waals surface area contributed by atoms with Crippen molar-refractivity contribution < 1.29 is 19.7 Å². The quantitative estimate of drug-likeness (QED) is 0.637. The van der Waals surface area contributed by atoms with Gasteiger partial charge in [0.1, 0.15) is 18.5 Å². The first-order chi connectivity index (χ1) is 14.5. The standard InChI is InChI=1S/C24H32N2O4/c1-17-6-4-7-18(2)26(17)15-21(27)16-30-22-12-10-20(11-13-22)25-14-19-8-5-9-23(29-3)24(19)28/h5,8-14,17-18,21,27-28H,4,6-7,15-16H2,1-3H3/t17-,18-,21+/m1/s1. The Bertz CT molecular complexity index is 828. The Hall–Kier alpha value is -2.57. The van der Waals surface area contributed by atoms with E-state index in [4.69, 9.17) is 9.47 Å². The molecule has 2 aromatic rings. The van der Waals surface area contributed by atoms with Gasteiger partial charge in [0.25, 0.3) is 0 Å². The number of phenolic OH excluding ortho intramolecular Hbond substituents is 1. The maximum Gasteiger partial charge on any atom is 0.166 e. The Labute approximate surface area is 178 Å². The number of β-amino-alcohol motifs (C(OH)–C–C–N with tert-alkyl or cyclic N) is 1. The molecule has 0 radical (unpaired) electrons. The van der Waals surface area contributed by atoms with Crippen molar-refractivity contribution in [3.63, 3.8) is 0 Å². The van der Waals surface area contributed by atoms with E-state index >= 15 is 0 Å². The van der Waals surface area contributed by atoms with Gasteiger partial charge >= 0.3 is 0 Å². The third-order valence-electron chi connectivity index (χ3n) is 5.68. The van der Waals surface area contributed by atoms with Gasteiger partial charge in [-0.1, -0.05) is 12.5 Å². The van der Waals surface area contributed by atoms with Crippen molar-refractivity contribution in [2.75, 3.05) is 20.3 Å². The minimum Gasteiger partial charge on any atom is -0.504 e. The molecule has 0 aromatic heterocycles. The van der Waals surface area contributed by atoms with Gasteiger partial charge in [0, 0.05) is 30.4 Å². The van der Waals surface area contributed by atoms with Crippen LogP contribution < -0.4 is 9.47 Å². The van der Waals surface area contributed by atoms with Crippen LogP contribution in [0.4, 0.5) is 5.69 Å². The number of hydrogen-bond donors (Lipinski definition) is 2. The van der Waals surface area contributed by atoms with E-state index in [2.05, 4.69) is 23.7 Å². The molecule has 0 spiro atoms. The SMILES string of the molecule is COc1cccc(C=Nc2ccc(OC[C@@H](O)CN3[C@H](C)CCC[C@H]3C)cc2)c1O. The van der Waals surface area contributed by atoms with Gasteiger partial charge in [-0.05, 0) is 63.1 Å². The number of ether oxygens (including phenoxy) is 2. The number of aliphatic hydroxyl groups is 1. The molecule has 162 valence electrons. The molecule has 0 amide bonds. The van der Waals surface area contributed by atoms with Crippen molar-refractivity contribution in [1.82, 2.24) is 4.90 Å². The van der Waals surface area contributed by atoms with Crippen LogP contribution in [0.15, 0.2) is 47.5 Å². The molecule has 30 heavy (non-hydrogen) atoms. The first-order valence-corrected chi connectivity index (χ1v) is 10.5. The summed E-state index contributed by atoms with van der Waals surface area (Å²) in [6, 6.07) is 13.6. The van der Waals surface area contributed by atoms with Gasteiger partial charge in [0.05, 0.1) is 12.8 Å². The molecule has 3 rings (SSSR count). The summed E-state index contributed by atoms with van der Waals surface area (Å²) < 4.78 is 10.9. The second-order valence-electron chi connectivity index (χ2n) is 7.94. The molecule has 6 heteroatoms. The average molecular weight is 413 g/mol. The van der Waals surface area contributed by atoms with Gasteiger partial charge in [-0.3, -0.25) is 9.89 Å². The lowest BCUT2D eigenvalue weighted by Crippen LogP contribution is -2.48. The largest absolute Gasteiger partial charge is 0.504 e. The summed E-state index contributed by atoms with van der Waals surface area (Å²) in [5, 5.41) is 20.5. The molecule has 1 aliphatic rings. The minimum atomic E-state index is -0.526. The van der Waals surface area contributed by atoms with Gasteiger partial charge in [-0.15, -0.1) is 0 Å². The number of hydrogen-bond acceptors (Lipinski definition) is 6. The second kappa shape index (κ2) is 10.5. The third kappa shape index (κ3) is 5.74. The van der Waals surface area contributed by atoms with E-state index in [1.54, 1.807) is 24.4 Å². The van der Waals surface area contributed by atoms with Crippen LogP contribution in [-0.2, 0) is 0 Å². The highest BCUT2D eigenvalue weighted by Crippen LogP contribution is 2.29. The van der Waals surface area contributed by atoms with Crippen molar-refractivity contribution >= 4 is 11.9 Å². The third-order valence-corrected chi connectivity index (χ3v) is 5.68. The molecular formula is C24H32N2O4. The number of methoxy groups -OCH3 is 1. The van der Waals surface area contributed by atoms with Crippen LogP contribution in [0.3, 0.4) is 0 Å². The molecule has 2 aromatic carbocycles. The minimum absolute atomic E-state index is 0.0648. The fraction of sp³-hybridized carbons (Fsp3) is 0.458. The van der Waals surface area contributed by atoms with Crippen molar-refractivity contribution in [2.24, 2.45) is 4.99 Å². The Balaban J connectivity index is 1.52. The molecule has 0 saturated carbocycles. The van der Waals surface area contributed by atoms with Crippen LogP contribution in [-0.4, -0.2) is 59.8 Å². The smallest absolute Gasteiger partial charge is 0.166 e. The number of aliphatic hydroxyl groups excluding tert-OH is 1. The molecule has 2 N–H and O–H groups in total. The number of rotatable bonds is 8. The van der Waals surface area contributed by atoms with Crippen LogP contribution in [0.2, 0.25) is 0 Å². The normalized spacial score (nSPS) is 20.9. The zero-order chi connectivity index (χ0) is 21.5. The monoisotopic (exact) mass is 412 g/mol. The van der Waals surface area contributed by atoms with E-state index in [0.29, 0.717) is 35.7 Å². The van der Waals surface area contributed by atoms with Gasteiger partial charge in [-0.2, -0.15) is 0 Å². The molecule has 0 unspecified atom stereocenters. The summed E-state index contributed by atoms with van der Waals surface area (Å²) in [6.45, 7) is 5.35. The van der Waals surface area contributed by atoms with Crippen LogP contribution in [0.5, 0.6) is 17.2 Å². The van der Waals surface area contributed by atoms with Crippen LogP contribution >= 0.6 is 0 Å². The summed E-state index contributed by atoms with van der Waals surface area (Å²) in [6.07, 6.45) is 4.71. The molecule has 1 aliphatic heterocycles. The van der Waals surface area contributed by atoms with Crippen LogP contribution in [0, 0.1) is 0 Å². The average Bonchev–Trinajstić information content (AvgIpc) is 2.75. The number of phenols is 1. The molecule has 3 atom stereocenters. The Morgan fingerprint density at radius 2 is 1.83 bits per heavy atom. The van der Waals surface area contributed by atoms with Crippen molar-refractivity contribution in [1.29, 1.82) is 0 Å². The summed E-state index contributed by atoms with van der Waals surface area (Å²) in [5.41, 5.74) is 1.32. The highest BCUT2D eigenvalue weighted by atomic mass is 16.5. The number of aliphatic imine (C=N–C) groups is 1. The van der Waals surface area contributed by atoms with E-state index in [1.807, 2.05) is 24.3 Å². The number of para-hydroxylation sites is 1. The number of aromatic hydroxyl groups is 1. The van der Waals surface area contributed by atoms with E-state index in [-0.39, 0.29) is 12.4 Å². The van der Waals surface area contributed by atoms with Gasteiger partial charge in [-0.25, -0.2) is 0 Å². The Kier molecular flexibility index (Phi) is 7.71. The van der Waals surface area contributed by atoms with Gasteiger partial charge in [0.2, 0.25) is 0 Å². The molecule has 1 fully saturated rings. The number of likely N-dealkylation sites (tertiary alicyclic amines) is 1. The zero-order valence-electron chi connectivity index (χ0n) is 18.0. The Morgan fingerprint density at radius 1 is 1.13 bits per heavy atom. The second-order valence-corrected chi connectivity index (χ2v) is 7.94. The summed E-state index contributed by atoms with van der Waals surface area (Å²) in [7, 11) is 1.51. The predicted octanol–water partition coefficient (Wildman–Crippen LogP) is 4.15. The first kappa shape index (κ1) is 22.1. The fourth-order valence-corrected chi connectivity index (χ4v) is 3.90. The Morgan fingerprint density at radius 3 is 2.50 bits per heavy atom. The van der Waals surface area contributed by atoms with Gasteiger partial charge in [0.15, 0.2) is 11.5 Å². The lowest BCUT2D eigenvalue weighted by molar-refractivity contribution is 0.0209. The maximum absolute atomic E-state index is 10.4. The first-order valence-electron chi connectivity index (χ1n) is 10.5. The molecule has 0 aliphatic carbocycles. The topological polar surface area (TPSA) is 74.5 Å². The summed E-state index contributed by atoms with van der Waals surface area (Å²) >= 11 is 0. The van der Waals surface area contributed by atoms with E-state index < -0.39 is 6.10 Å². The van der Waals surface area contributed by atoms with Crippen LogP contribution in [0.1, 0.15) is 38.7 Å². The summed E-state index contributed by atoms with van der Waals surface area (Å²) in [4.78, 5) is 6.77. The highest BCUT2D eigenvalue weighted by molar-refractivity contribution is 5.86. The van der Waals surface area contributed by atoms with Crippen molar-refractivity contribution in [3.8, 4) is 17.2 Å². The number of nitrogens with zero attached hydrogens (tertiary/aromatic N) is 2. The fourth-order valence-electron chi connectivity index (χ4n) is 3.90. The van der Waals surface area contributed by atoms with Crippen molar-refractivity contribution in [2.45, 2.75) is 51.3 Å². The molecular weight excluding hydrogens is 380 g/mol. The maximum atomic E-state index is 10.4. The lowest BCUT2D eigenvalue weighted by Gasteiger charge is -2.40. The number of benzene rings is 2. The zero-order valence-corrected chi connectivity index (χ0v) is 18.0. The highest BCUT2D eigenvalue weighted by Gasteiger charge is 2.26. The van der Waals surface area contributed by atoms with E-state index in [9.17, 15) is 10.2 Å². The van der Waals surface area contributed by atoms with Crippen LogP contribution in [0.25, 0.3) is 0 Å². The van der Waals surface area contributed by atoms with E-state index in [1.165, 1.54) is 26.4 Å². The molecule has 1 heterocycles. The van der Waals surface area contributed by atoms with Gasteiger partial charge < -0.3 is 19.7 Å². The molecule has 6 nitrogen and oxygen atoms in total. The molecule has 1 saturated heterocycles. The van der Waals surface area contributed by atoms with Crippen molar-refractivity contribution in [3.05, 3.63) is 48.0 Å². The number of piperidine rings is 1. The van der Waals surface area contributed by atoms with E-state index in [0.717, 1.165) is 5.69 Å². The lowest BCUT2D eigenvalue weighted by atomic mass is 9.97.